The molecule has 0 fully saturated rings. The number of alkyl halides is 2. The second-order valence-electron chi connectivity index (χ2n) is 4.11. The zero-order valence-corrected chi connectivity index (χ0v) is 9.21. The van der Waals surface area contributed by atoms with E-state index in [0.717, 1.165) is 10.9 Å². The molecule has 0 heterocycles. The molecule has 0 saturated carbocycles. The molecule has 0 N–H and O–H groups in total. The number of fused-ring (bicyclic) bond motifs is 1. The summed E-state index contributed by atoms with van der Waals surface area (Å²) in [6.45, 7) is 2.05. The molecule has 0 aliphatic rings. The molecule has 0 spiro atoms. The van der Waals surface area contributed by atoms with Gasteiger partial charge in [-0.2, -0.15) is 0 Å². The standard InChI is InChI=1S/C14H14F2/c1-10-2-5-13-9-11(4-7-14(15)16)3-6-12(13)8-10/h2-3,5-6,8-9,14H,4,7H2,1H3. The van der Waals surface area contributed by atoms with E-state index in [1.54, 1.807) is 0 Å². The molecule has 0 aliphatic heterocycles. The van der Waals surface area contributed by atoms with Gasteiger partial charge in [0.25, 0.3) is 0 Å². The van der Waals surface area contributed by atoms with E-state index < -0.39 is 6.43 Å². The first-order chi connectivity index (χ1) is 7.65. The molecule has 0 aromatic heterocycles. The Bertz CT molecular complexity index is 489. The topological polar surface area (TPSA) is 0 Å². The fraction of sp³-hybridized carbons (Fsp3) is 0.286. The highest BCUT2D eigenvalue weighted by Gasteiger charge is 2.03. The van der Waals surface area contributed by atoms with Crippen LogP contribution in [0.3, 0.4) is 0 Å². The molecule has 2 heteroatoms. The summed E-state index contributed by atoms with van der Waals surface area (Å²) in [7, 11) is 0. The van der Waals surface area contributed by atoms with Gasteiger partial charge in [0.05, 0.1) is 0 Å². The monoisotopic (exact) mass is 220 g/mol. The summed E-state index contributed by atoms with van der Waals surface area (Å²) in [4.78, 5) is 0. The molecule has 0 aliphatic carbocycles. The molecule has 2 aromatic rings. The van der Waals surface area contributed by atoms with Gasteiger partial charge in [-0.15, -0.1) is 0 Å². The summed E-state index contributed by atoms with van der Waals surface area (Å²) in [5, 5.41) is 2.29. The zero-order chi connectivity index (χ0) is 11.5. The van der Waals surface area contributed by atoms with Crippen LogP contribution in [0.5, 0.6) is 0 Å². The van der Waals surface area contributed by atoms with E-state index in [4.69, 9.17) is 0 Å². The molecular formula is C14H14F2. The average molecular weight is 220 g/mol. The van der Waals surface area contributed by atoms with Gasteiger partial charge in [0.15, 0.2) is 0 Å². The van der Waals surface area contributed by atoms with Crippen molar-refractivity contribution in [2.45, 2.75) is 26.2 Å². The number of benzene rings is 2. The third-order valence-electron chi connectivity index (χ3n) is 2.71. The van der Waals surface area contributed by atoms with Crippen molar-refractivity contribution in [3.8, 4) is 0 Å². The van der Waals surface area contributed by atoms with E-state index >= 15 is 0 Å². The molecular weight excluding hydrogens is 206 g/mol. The second kappa shape index (κ2) is 4.60. The Balaban J connectivity index is 2.26. The highest BCUT2D eigenvalue weighted by Crippen LogP contribution is 2.19. The summed E-state index contributed by atoms with van der Waals surface area (Å²) < 4.78 is 24.2. The first-order valence-electron chi connectivity index (χ1n) is 5.42. The van der Waals surface area contributed by atoms with Gasteiger partial charge in [0.1, 0.15) is 0 Å². The van der Waals surface area contributed by atoms with Crippen LogP contribution in [0.1, 0.15) is 17.5 Å². The number of rotatable bonds is 3. The fourth-order valence-corrected chi connectivity index (χ4v) is 1.85. The van der Waals surface area contributed by atoms with E-state index in [1.807, 2.05) is 37.3 Å². The van der Waals surface area contributed by atoms with Crippen LogP contribution in [-0.4, -0.2) is 6.43 Å². The molecule has 0 bridgehead atoms. The van der Waals surface area contributed by atoms with Crippen molar-refractivity contribution in [2.24, 2.45) is 0 Å². The van der Waals surface area contributed by atoms with Crippen molar-refractivity contribution < 1.29 is 8.78 Å². The molecule has 2 rings (SSSR count). The summed E-state index contributed by atoms with van der Waals surface area (Å²) in [6, 6.07) is 12.1. The molecule has 84 valence electrons. The van der Waals surface area contributed by atoms with Crippen LogP contribution >= 0.6 is 0 Å². The molecule has 0 unspecified atom stereocenters. The fourth-order valence-electron chi connectivity index (χ4n) is 1.85. The van der Waals surface area contributed by atoms with E-state index in [0.29, 0.717) is 6.42 Å². The largest absolute Gasteiger partial charge is 0.239 e. The minimum Gasteiger partial charge on any atom is -0.211 e. The SMILES string of the molecule is Cc1ccc2cc(CCC(F)F)ccc2c1. The third kappa shape index (κ3) is 2.57. The Morgan fingerprint density at radius 3 is 2.44 bits per heavy atom. The van der Waals surface area contributed by atoms with Gasteiger partial charge in [-0.05, 0) is 29.7 Å². The Labute approximate surface area is 93.9 Å². The Morgan fingerprint density at radius 1 is 1.00 bits per heavy atom. The molecule has 2 aromatic carbocycles. The normalized spacial score (nSPS) is 11.2. The predicted molar refractivity (Wildman–Crippen MR) is 63.0 cm³/mol. The second-order valence-corrected chi connectivity index (χ2v) is 4.11. The molecule has 0 atom stereocenters. The first kappa shape index (κ1) is 11.1. The van der Waals surface area contributed by atoms with E-state index in [2.05, 4.69) is 6.07 Å². The van der Waals surface area contributed by atoms with Crippen LogP contribution in [-0.2, 0) is 6.42 Å². The van der Waals surface area contributed by atoms with Crippen molar-refractivity contribution in [2.75, 3.05) is 0 Å². The van der Waals surface area contributed by atoms with Crippen molar-refractivity contribution in [3.63, 3.8) is 0 Å². The number of halogens is 2. The van der Waals surface area contributed by atoms with Gasteiger partial charge >= 0.3 is 0 Å². The van der Waals surface area contributed by atoms with E-state index in [1.165, 1.54) is 10.9 Å². The highest BCUT2D eigenvalue weighted by atomic mass is 19.3. The molecule has 0 amide bonds. The minimum absolute atomic E-state index is 0.0582. The van der Waals surface area contributed by atoms with Crippen LogP contribution in [0.25, 0.3) is 10.8 Å². The lowest BCUT2D eigenvalue weighted by Crippen LogP contribution is -1.94. The lowest BCUT2D eigenvalue weighted by molar-refractivity contribution is 0.138. The van der Waals surface area contributed by atoms with Crippen molar-refractivity contribution in [1.82, 2.24) is 0 Å². The zero-order valence-electron chi connectivity index (χ0n) is 9.21. The molecule has 0 nitrogen and oxygen atoms in total. The van der Waals surface area contributed by atoms with Crippen molar-refractivity contribution >= 4 is 10.8 Å². The van der Waals surface area contributed by atoms with Gasteiger partial charge in [-0.1, -0.05) is 42.0 Å². The minimum atomic E-state index is -2.21. The van der Waals surface area contributed by atoms with Gasteiger partial charge in [0.2, 0.25) is 6.43 Å². The summed E-state index contributed by atoms with van der Waals surface area (Å²) in [5.41, 5.74) is 2.20. The van der Waals surface area contributed by atoms with Crippen LogP contribution in [0, 0.1) is 6.92 Å². The lowest BCUT2D eigenvalue weighted by atomic mass is 10.0. The summed E-state index contributed by atoms with van der Waals surface area (Å²) in [5.74, 6) is 0. The number of aryl methyl sites for hydroxylation is 2. The van der Waals surface area contributed by atoms with Gasteiger partial charge in [-0.3, -0.25) is 0 Å². The van der Waals surface area contributed by atoms with Crippen molar-refractivity contribution in [1.29, 1.82) is 0 Å². The quantitative estimate of drug-likeness (QED) is 0.721. The van der Waals surface area contributed by atoms with E-state index in [-0.39, 0.29) is 6.42 Å². The van der Waals surface area contributed by atoms with E-state index in [9.17, 15) is 8.78 Å². The van der Waals surface area contributed by atoms with Crippen LogP contribution in [0.15, 0.2) is 36.4 Å². The summed E-state index contributed by atoms with van der Waals surface area (Å²) in [6.07, 6.45) is -1.83. The maximum absolute atomic E-state index is 12.1. The average Bonchev–Trinajstić information content (AvgIpc) is 2.26. The Morgan fingerprint density at radius 2 is 1.69 bits per heavy atom. The maximum Gasteiger partial charge on any atom is 0.239 e. The first-order valence-corrected chi connectivity index (χ1v) is 5.42. The van der Waals surface area contributed by atoms with Gasteiger partial charge in [0, 0.05) is 6.42 Å². The Kier molecular flexibility index (Phi) is 3.18. The third-order valence-corrected chi connectivity index (χ3v) is 2.71. The smallest absolute Gasteiger partial charge is 0.211 e. The lowest BCUT2D eigenvalue weighted by Gasteiger charge is -2.04. The summed E-state index contributed by atoms with van der Waals surface area (Å²) >= 11 is 0. The van der Waals surface area contributed by atoms with Gasteiger partial charge < -0.3 is 0 Å². The van der Waals surface area contributed by atoms with Crippen LogP contribution in [0.2, 0.25) is 0 Å². The van der Waals surface area contributed by atoms with Crippen LogP contribution < -0.4 is 0 Å². The number of hydrogen-bond acceptors (Lipinski definition) is 0. The van der Waals surface area contributed by atoms with Gasteiger partial charge in [-0.25, -0.2) is 8.78 Å². The van der Waals surface area contributed by atoms with Crippen molar-refractivity contribution in [3.05, 3.63) is 47.5 Å². The molecule has 0 saturated heterocycles. The Hall–Kier alpha value is -1.44. The number of hydrogen-bond donors (Lipinski definition) is 0. The maximum atomic E-state index is 12.1. The predicted octanol–water partition coefficient (Wildman–Crippen LogP) is 4.35. The highest BCUT2D eigenvalue weighted by molar-refractivity contribution is 5.83. The van der Waals surface area contributed by atoms with Crippen LogP contribution in [0.4, 0.5) is 8.78 Å². The molecule has 0 radical (unpaired) electrons. The molecule has 16 heavy (non-hydrogen) atoms.